The molecule has 1 aromatic heterocycles. The normalized spacial score (nSPS) is 16.6. The van der Waals surface area contributed by atoms with Crippen LogP contribution in [0, 0.1) is 6.92 Å². The third kappa shape index (κ3) is 3.18. The maximum atomic E-state index is 12.2. The Morgan fingerprint density at radius 1 is 1.15 bits per heavy atom. The van der Waals surface area contributed by atoms with Crippen LogP contribution in [0.1, 0.15) is 48.1 Å². The summed E-state index contributed by atoms with van der Waals surface area (Å²) in [5.41, 5.74) is 5.51. The van der Waals surface area contributed by atoms with Gasteiger partial charge in [0.15, 0.2) is 0 Å². The predicted octanol–water partition coefficient (Wildman–Crippen LogP) is 6.07. The number of aryl methyl sites for hydroxylation is 1. The van der Waals surface area contributed by atoms with E-state index in [4.69, 9.17) is 4.74 Å². The molecule has 1 heterocycles. The van der Waals surface area contributed by atoms with Gasteiger partial charge in [-0.1, -0.05) is 42.5 Å². The van der Waals surface area contributed by atoms with E-state index in [0.29, 0.717) is 18.2 Å². The van der Waals surface area contributed by atoms with Gasteiger partial charge in [0.05, 0.1) is 17.9 Å². The second kappa shape index (κ2) is 7.43. The van der Waals surface area contributed by atoms with E-state index in [1.54, 1.807) is 0 Å². The summed E-state index contributed by atoms with van der Waals surface area (Å²) in [5, 5.41) is 1.13. The molecule has 1 atom stereocenters. The van der Waals surface area contributed by atoms with E-state index < -0.39 is 0 Å². The molecule has 0 spiro atoms. The quantitative estimate of drug-likeness (QED) is 0.418. The lowest BCUT2D eigenvalue weighted by Crippen LogP contribution is -2.12. The molecule has 0 radical (unpaired) electrons. The van der Waals surface area contributed by atoms with Crippen LogP contribution < -0.4 is 0 Å². The third-order valence-corrected chi connectivity index (χ3v) is 5.42. The Bertz CT molecular complexity index is 998. The molecule has 138 valence electrons. The van der Waals surface area contributed by atoms with Crippen molar-refractivity contribution in [3.63, 3.8) is 0 Å². The van der Waals surface area contributed by atoms with Crippen molar-refractivity contribution in [2.75, 3.05) is 6.61 Å². The Labute approximate surface area is 160 Å². The maximum Gasteiger partial charge on any atom is 0.338 e. The van der Waals surface area contributed by atoms with Crippen LogP contribution in [0.25, 0.3) is 22.2 Å². The highest BCUT2D eigenvalue weighted by molar-refractivity contribution is 5.98. The van der Waals surface area contributed by atoms with E-state index >= 15 is 0 Å². The minimum absolute atomic E-state index is 0.256. The van der Waals surface area contributed by atoms with Gasteiger partial charge in [0.1, 0.15) is 0 Å². The summed E-state index contributed by atoms with van der Waals surface area (Å²) in [4.78, 5) is 12.2. The lowest BCUT2D eigenvalue weighted by molar-refractivity contribution is 0.0526. The summed E-state index contributed by atoms with van der Waals surface area (Å²) in [6.45, 7) is 4.39. The molecule has 0 saturated heterocycles. The van der Waals surface area contributed by atoms with Gasteiger partial charge in [-0.05, 0) is 62.4 Å². The fraction of sp³-hybridized carbons (Fsp3) is 0.292. The first-order chi connectivity index (χ1) is 13.2. The molecule has 0 N–H and O–H groups in total. The van der Waals surface area contributed by atoms with Gasteiger partial charge in [0.2, 0.25) is 0 Å². The molecule has 2 aromatic carbocycles. The second-order valence-corrected chi connectivity index (χ2v) is 7.10. The van der Waals surface area contributed by atoms with Crippen molar-refractivity contribution in [3.05, 3.63) is 71.8 Å². The predicted molar refractivity (Wildman–Crippen MR) is 110 cm³/mol. The number of nitrogens with zero attached hydrogens (tertiary/aromatic N) is 1. The number of benzene rings is 2. The molecule has 3 heteroatoms. The Hall–Kier alpha value is -2.81. The van der Waals surface area contributed by atoms with E-state index in [9.17, 15) is 4.79 Å². The molecule has 3 nitrogen and oxygen atoms in total. The van der Waals surface area contributed by atoms with Crippen molar-refractivity contribution in [2.45, 2.75) is 39.2 Å². The monoisotopic (exact) mass is 359 g/mol. The molecule has 27 heavy (non-hydrogen) atoms. The number of carbonyl (C=O) groups is 1. The molecule has 0 bridgehead atoms. The highest BCUT2D eigenvalue weighted by Gasteiger charge is 2.23. The van der Waals surface area contributed by atoms with Gasteiger partial charge < -0.3 is 9.30 Å². The van der Waals surface area contributed by atoms with Gasteiger partial charge in [-0.15, -0.1) is 0 Å². The molecule has 1 aliphatic rings. The van der Waals surface area contributed by atoms with Crippen molar-refractivity contribution in [1.29, 1.82) is 0 Å². The van der Waals surface area contributed by atoms with Gasteiger partial charge in [-0.25, -0.2) is 4.79 Å². The first-order valence-electron chi connectivity index (χ1n) is 9.72. The van der Waals surface area contributed by atoms with Gasteiger partial charge in [0.25, 0.3) is 0 Å². The molecular weight excluding hydrogens is 334 g/mol. The smallest absolute Gasteiger partial charge is 0.338 e. The summed E-state index contributed by atoms with van der Waals surface area (Å²) < 4.78 is 7.68. The number of aromatic nitrogens is 1. The van der Waals surface area contributed by atoms with Crippen LogP contribution in [0.5, 0.6) is 0 Å². The van der Waals surface area contributed by atoms with Crippen LogP contribution in [0.3, 0.4) is 0 Å². The Balaban J connectivity index is 1.94. The molecule has 4 rings (SSSR count). The molecule has 1 unspecified atom stereocenters. The number of rotatable bonds is 4. The van der Waals surface area contributed by atoms with Crippen LogP contribution >= 0.6 is 0 Å². The van der Waals surface area contributed by atoms with E-state index in [1.165, 1.54) is 22.3 Å². The van der Waals surface area contributed by atoms with Gasteiger partial charge in [-0.3, -0.25) is 0 Å². The molecular formula is C24H25NO2. The highest BCUT2D eigenvalue weighted by atomic mass is 16.5. The number of allylic oxidation sites excluding steroid dienone is 2. The first kappa shape index (κ1) is 17.6. The lowest BCUT2D eigenvalue weighted by atomic mass is 10.0. The van der Waals surface area contributed by atoms with Crippen LogP contribution in [-0.2, 0) is 4.74 Å². The van der Waals surface area contributed by atoms with Crippen molar-refractivity contribution < 1.29 is 9.53 Å². The number of hydrogen-bond donors (Lipinski definition) is 0. The largest absolute Gasteiger partial charge is 0.462 e. The fourth-order valence-electron chi connectivity index (χ4n) is 4.16. The highest BCUT2D eigenvalue weighted by Crippen LogP contribution is 2.39. The number of fused-ring (bicyclic) bond motifs is 1. The van der Waals surface area contributed by atoms with Crippen molar-refractivity contribution in [1.82, 2.24) is 4.57 Å². The topological polar surface area (TPSA) is 31.2 Å². The van der Waals surface area contributed by atoms with Gasteiger partial charge >= 0.3 is 5.97 Å². The summed E-state index contributed by atoms with van der Waals surface area (Å²) in [6, 6.07) is 17.0. The molecule has 1 aliphatic carbocycles. The third-order valence-electron chi connectivity index (χ3n) is 5.42. The Morgan fingerprint density at radius 2 is 1.96 bits per heavy atom. The summed E-state index contributed by atoms with van der Waals surface area (Å²) >= 11 is 0. The van der Waals surface area contributed by atoms with Crippen LogP contribution in [0.15, 0.2) is 60.7 Å². The lowest BCUT2D eigenvalue weighted by Gasteiger charge is -2.24. The summed E-state index contributed by atoms with van der Waals surface area (Å²) in [6.07, 6.45) is 7.85. The average Bonchev–Trinajstić information content (AvgIpc) is 3.01. The van der Waals surface area contributed by atoms with E-state index in [1.807, 2.05) is 25.1 Å². The SMILES string of the molecule is CCOC(=O)c1ccc2c(c1)c(C)c(-c1ccccc1)n2C1CC=CCC1. The molecule has 0 aliphatic heterocycles. The number of esters is 1. The molecule has 0 amide bonds. The van der Waals surface area contributed by atoms with Crippen molar-refractivity contribution in [2.24, 2.45) is 0 Å². The van der Waals surface area contributed by atoms with Crippen molar-refractivity contribution >= 4 is 16.9 Å². The number of hydrogen-bond acceptors (Lipinski definition) is 2. The zero-order valence-corrected chi connectivity index (χ0v) is 15.9. The number of ether oxygens (including phenoxy) is 1. The van der Waals surface area contributed by atoms with Gasteiger partial charge in [-0.2, -0.15) is 0 Å². The minimum Gasteiger partial charge on any atom is -0.462 e. The molecule has 0 saturated carbocycles. The first-order valence-corrected chi connectivity index (χ1v) is 9.72. The zero-order chi connectivity index (χ0) is 18.8. The van der Waals surface area contributed by atoms with Gasteiger partial charge in [0, 0.05) is 16.9 Å². The minimum atomic E-state index is -0.256. The van der Waals surface area contributed by atoms with E-state index in [-0.39, 0.29) is 5.97 Å². The van der Waals surface area contributed by atoms with Crippen LogP contribution in [-0.4, -0.2) is 17.1 Å². The Morgan fingerprint density at radius 3 is 2.67 bits per heavy atom. The maximum absolute atomic E-state index is 12.2. The standard InChI is InChI=1S/C24H25NO2/c1-3-27-24(26)19-14-15-22-21(16-19)17(2)23(18-10-6-4-7-11-18)25(22)20-12-8-5-9-13-20/h4-8,10-11,14-16,20H,3,9,12-13H2,1-2H3. The molecule has 0 fully saturated rings. The summed E-state index contributed by atoms with van der Waals surface area (Å²) in [7, 11) is 0. The molecule has 3 aromatic rings. The van der Waals surface area contributed by atoms with E-state index in [2.05, 4.69) is 54.0 Å². The summed E-state index contributed by atoms with van der Waals surface area (Å²) in [5.74, 6) is -0.256. The Kier molecular flexibility index (Phi) is 4.85. The number of carbonyl (C=O) groups excluding carboxylic acids is 1. The zero-order valence-electron chi connectivity index (χ0n) is 15.9. The van der Waals surface area contributed by atoms with Crippen molar-refractivity contribution in [3.8, 4) is 11.3 Å². The van der Waals surface area contributed by atoms with Crippen LogP contribution in [0.2, 0.25) is 0 Å². The van der Waals surface area contributed by atoms with Crippen LogP contribution in [0.4, 0.5) is 0 Å². The second-order valence-electron chi connectivity index (χ2n) is 7.10. The van der Waals surface area contributed by atoms with E-state index in [0.717, 1.165) is 24.6 Å². The average molecular weight is 359 g/mol. The fourth-order valence-corrected chi connectivity index (χ4v) is 4.16.